The number of carbonyl (C=O) groups excluding carboxylic acids is 2. The Bertz CT molecular complexity index is 910. The zero-order valence-corrected chi connectivity index (χ0v) is 18.2. The van der Waals surface area contributed by atoms with Gasteiger partial charge in [-0.2, -0.15) is 0 Å². The van der Waals surface area contributed by atoms with E-state index in [1.807, 2.05) is 56.3 Å². The Balaban J connectivity index is 1.63. The number of ether oxygens (including phenoxy) is 2. The number of amides is 2. The number of benzene rings is 2. The van der Waals surface area contributed by atoms with Crippen LogP contribution >= 0.6 is 0 Å². The van der Waals surface area contributed by atoms with Crippen molar-refractivity contribution in [2.75, 3.05) is 20.8 Å². The Kier molecular flexibility index (Phi) is 6.65. The van der Waals surface area contributed by atoms with Crippen LogP contribution in [0.5, 0.6) is 11.5 Å². The smallest absolute Gasteiger partial charge is 0.245 e. The third-order valence-electron chi connectivity index (χ3n) is 5.82. The van der Waals surface area contributed by atoms with Gasteiger partial charge in [0.2, 0.25) is 11.8 Å². The van der Waals surface area contributed by atoms with Crippen molar-refractivity contribution in [2.24, 2.45) is 0 Å². The van der Waals surface area contributed by atoms with Crippen LogP contribution in [0.3, 0.4) is 0 Å². The van der Waals surface area contributed by atoms with Crippen molar-refractivity contribution in [1.82, 2.24) is 10.2 Å². The first-order chi connectivity index (χ1) is 14.4. The Morgan fingerprint density at radius 3 is 2.40 bits per heavy atom. The number of rotatable bonds is 8. The molecule has 6 nitrogen and oxygen atoms in total. The van der Waals surface area contributed by atoms with Crippen LogP contribution in [0, 0.1) is 6.92 Å². The average Bonchev–Trinajstić information content (AvgIpc) is 3.04. The Morgan fingerprint density at radius 1 is 1.07 bits per heavy atom. The second-order valence-electron chi connectivity index (χ2n) is 7.93. The minimum absolute atomic E-state index is 0.0214. The fourth-order valence-electron chi connectivity index (χ4n) is 3.82. The van der Waals surface area contributed by atoms with Gasteiger partial charge in [0.25, 0.3) is 0 Å². The van der Waals surface area contributed by atoms with Crippen molar-refractivity contribution in [1.29, 1.82) is 0 Å². The number of carbonyl (C=O) groups is 2. The molecule has 30 heavy (non-hydrogen) atoms. The number of likely N-dealkylation sites (tertiary alicyclic amines) is 1. The van der Waals surface area contributed by atoms with E-state index in [0.29, 0.717) is 43.9 Å². The van der Waals surface area contributed by atoms with Crippen molar-refractivity contribution in [2.45, 2.75) is 45.2 Å². The summed E-state index contributed by atoms with van der Waals surface area (Å²) in [4.78, 5) is 27.3. The second kappa shape index (κ2) is 9.20. The summed E-state index contributed by atoms with van der Waals surface area (Å²) in [5.74, 6) is 1.25. The van der Waals surface area contributed by atoms with Crippen molar-refractivity contribution >= 4 is 11.8 Å². The molecule has 0 radical (unpaired) electrons. The van der Waals surface area contributed by atoms with E-state index in [4.69, 9.17) is 9.47 Å². The molecular weight excluding hydrogens is 380 g/mol. The molecular formula is C24H30N2O4. The Hall–Kier alpha value is -3.02. The molecule has 1 N–H and O–H groups in total. The highest BCUT2D eigenvalue weighted by Crippen LogP contribution is 2.32. The second-order valence-corrected chi connectivity index (χ2v) is 7.93. The highest BCUT2D eigenvalue weighted by atomic mass is 16.5. The summed E-state index contributed by atoms with van der Waals surface area (Å²) in [5.41, 5.74) is 2.40. The minimum Gasteiger partial charge on any atom is -0.493 e. The molecule has 1 saturated heterocycles. The van der Waals surface area contributed by atoms with Gasteiger partial charge in [-0.25, -0.2) is 0 Å². The van der Waals surface area contributed by atoms with Crippen LogP contribution in [0.25, 0.3) is 0 Å². The first-order valence-corrected chi connectivity index (χ1v) is 10.2. The van der Waals surface area contributed by atoms with Crippen molar-refractivity contribution in [3.8, 4) is 11.5 Å². The van der Waals surface area contributed by atoms with Gasteiger partial charge in [0.1, 0.15) is 5.54 Å². The van der Waals surface area contributed by atoms with Crippen LogP contribution in [0.4, 0.5) is 0 Å². The lowest BCUT2D eigenvalue weighted by Gasteiger charge is -2.34. The van der Waals surface area contributed by atoms with E-state index in [2.05, 4.69) is 5.32 Å². The van der Waals surface area contributed by atoms with Gasteiger partial charge >= 0.3 is 0 Å². The predicted octanol–water partition coefficient (Wildman–Crippen LogP) is 3.25. The molecule has 1 heterocycles. The monoisotopic (exact) mass is 410 g/mol. The fourth-order valence-corrected chi connectivity index (χ4v) is 3.82. The number of nitrogens with zero attached hydrogens (tertiary/aromatic N) is 1. The quantitative estimate of drug-likeness (QED) is 0.725. The first kappa shape index (κ1) is 21.7. The summed E-state index contributed by atoms with van der Waals surface area (Å²) in [7, 11) is 3.20. The van der Waals surface area contributed by atoms with Gasteiger partial charge < -0.3 is 19.7 Å². The summed E-state index contributed by atoms with van der Waals surface area (Å²) in [6, 6.07) is 13.8. The lowest BCUT2D eigenvalue weighted by atomic mass is 9.96. The van der Waals surface area contributed by atoms with Gasteiger partial charge in [-0.1, -0.05) is 35.9 Å². The molecule has 160 valence electrons. The van der Waals surface area contributed by atoms with Gasteiger partial charge in [-0.15, -0.1) is 0 Å². The van der Waals surface area contributed by atoms with Gasteiger partial charge in [0.05, 0.1) is 14.2 Å². The molecule has 3 rings (SSSR count). The summed E-state index contributed by atoms with van der Waals surface area (Å²) < 4.78 is 10.6. The van der Waals surface area contributed by atoms with Crippen LogP contribution in [0.1, 0.15) is 36.5 Å². The summed E-state index contributed by atoms with van der Waals surface area (Å²) in [6.07, 6.45) is 1.58. The van der Waals surface area contributed by atoms with E-state index in [9.17, 15) is 9.59 Å². The molecule has 1 atom stereocenters. The number of methoxy groups -OCH3 is 2. The molecule has 0 saturated carbocycles. The van der Waals surface area contributed by atoms with Gasteiger partial charge in [0.15, 0.2) is 11.5 Å². The molecule has 2 amide bonds. The highest BCUT2D eigenvalue weighted by Gasteiger charge is 2.46. The molecule has 0 aliphatic carbocycles. The van der Waals surface area contributed by atoms with E-state index in [-0.39, 0.29) is 11.8 Å². The van der Waals surface area contributed by atoms with Crippen LogP contribution in [0.15, 0.2) is 42.5 Å². The predicted molar refractivity (Wildman–Crippen MR) is 116 cm³/mol. The molecule has 2 aromatic rings. The standard InChI is InChI=1S/C24H30N2O4/c1-17-5-7-19(8-6-17)16-26-22(27)11-13-24(26,2)23(28)25-14-12-18-9-10-20(29-3)21(15-18)30-4/h5-10,15H,11-14,16H2,1-4H3,(H,25,28)/t24-/m1/s1. The highest BCUT2D eigenvalue weighted by molar-refractivity contribution is 5.94. The van der Waals surface area contributed by atoms with Crippen LogP contribution in [0.2, 0.25) is 0 Å². The van der Waals surface area contributed by atoms with Crippen molar-refractivity contribution in [3.63, 3.8) is 0 Å². The lowest BCUT2D eigenvalue weighted by Crippen LogP contribution is -2.54. The molecule has 6 heteroatoms. The molecule has 1 aliphatic rings. The summed E-state index contributed by atoms with van der Waals surface area (Å²) >= 11 is 0. The van der Waals surface area contributed by atoms with Gasteiger partial charge in [-0.05, 0) is 49.9 Å². The number of nitrogens with one attached hydrogen (secondary N) is 1. The third-order valence-corrected chi connectivity index (χ3v) is 5.82. The van der Waals surface area contributed by atoms with Crippen molar-refractivity contribution < 1.29 is 19.1 Å². The van der Waals surface area contributed by atoms with Crippen LogP contribution in [-0.4, -0.2) is 43.0 Å². The number of hydrogen-bond acceptors (Lipinski definition) is 4. The summed E-state index contributed by atoms with van der Waals surface area (Å²) in [5, 5.41) is 3.02. The summed E-state index contributed by atoms with van der Waals surface area (Å²) in [6.45, 7) is 4.81. The van der Waals surface area contributed by atoms with E-state index in [1.165, 1.54) is 5.56 Å². The van der Waals surface area contributed by atoms with E-state index >= 15 is 0 Å². The number of hydrogen-bond donors (Lipinski definition) is 1. The van der Waals surface area contributed by atoms with Gasteiger partial charge in [-0.3, -0.25) is 9.59 Å². The molecule has 1 fully saturated rings. The molecule has 1 aliphatic heterocycles. The van der Waals surface area contributed by atoms with E-state index in [0.717, 1.165) is 11.1 Å². The molecule has 2 aromatic carbocycles. The first-order valence-electron chi connectivity index (χ1n) is 10.2. The lowest BCUT2D eigenvalue weighted by molar-refractivity contribution is -0.141. The number of aryl methyl sites for hydroxylation is 1. The largest absolute Gasteiger partial charge is 0.493 e. The topological polar surface area (TPSA) is 67.9 Å². The zero-order valence-electron chi connectivity index (χ0n) is 18.2. The maximum Gasteiger partial charge on any atom is 0.245 e. The SMILES string of the molecule is COc1ccc(CCNC(=O)[C@@]2(C)CCC(=O)N2Cc2ccc(C)cc2)cc1OC. The maximum absolute atomic E-state index is 13.0. The zero-order chi connectivity index (χ0) is 21.7. The Morgan fingerprint density at radius 2 is 1.73 bits per heavy atom. The van der Waals surface area contributed by atoms with E-state index < -0.39 is 5.54 Å². The molecule has 0 unspecified atom stereocenters. The fraction of sp³-hybridized carbons (Fsp3) is 0.417. The molecule has 0 bridgehead atoms. The third kappa shape index (κ3) is 4.58. The maximum atomic E-state index is 13.0. The van der Waals surface area contributed by atoms with Crippen LogP contribution < -0.4 is 14.8 Å². The van der Waals surface area contributed by atoms with Crippen LogP contribution in [-0.2, 0) is 22.6 Å². The average molecular weight is 411 g/mol. The molecule has 0 aromatic heterocycles. The Labute approximate surface area is 178 Å². The van der Waals surface area contributed by atoms with Gasteiger partial charge in [0, 0.05) is 19.5 Å². The minimum atomic E-state index is -0.834. The van der Waals surface area contributed by atoms with Crippen molar-refractivity contribution in [3.05, 3.63) is 59.2 Å². The normalized spacial score (nSPS) is 18.4. The van der Waals surface area contributed by atoms with E-state index in [1.54, 1.807) is 19.1 Å². The molecule has 0 spiro atoms.